The molecule has 2 N–H and O–H groups in total. The van der Waals surface area contributed by atoms with Gasteiger partial charge in [-0.1, -0.05) is 24.3 Å². The molecule has 7 nitrogen and oxygen atoms in total. The van der Waals surface area contributed by atoms with E-state index in [0.717, 1.165) is 47.9 Å². The maximum Gasteiger partial charge on any atom is 0.308 e. The van der Waals surface area contributed by atoms with Gasteiger partial charge in [0.1, 0.15) is 18.2 Å². The van der Waals surface area contributed by atoms with Crippen LogP contribution < -0.4 is 15.0 Å². The topological polar surface area (TPSA) is 83.9 Å². The second kappa shape index (κ2) is 11.1. The van der Waals surface area contributed by atoms with E-state index < -0.39 is 11.9 Å². The molecule has 38 heavy (non-hydrogen) atoms. The molecule has 2 atom stereocenters. The van der Waals surface area contributed by atoms with Crippen molar-refractivity contribution in [1.82, 2.24) is 10.3 Å². The summed E-state index contributed by atoms with van der Waals surface area (Å²) in [5.74, 6) is 0.323. The van der Waals surface area contributed by atoms with Crippen molar-refractivity contribution in [2.24, 2.45) is 5.92 Å². The Kier molecular flexibility index (Phi) is 7.68. The number of para-hydroxylation sites is 1. The van der Waals surface area contributed by atoms with Crippen LogP contribution in [0.25, 0.3) is 11.3 Å². The van der Waals surface area contributed by atoms with Crippen LogP contribution in [0.1, 0.15) is 39.8 Å². The van der Waals surface area contributed by atoms with Gasteiger partial charge >= 0.3 is 5.97 Å². The Hall–Kier alpha value is -3.42. The predicted octanol–water partition coefficient (Wildman–Crippen LogP) is 4.82. The number of hydrogen-bond donors (Lipinski definition) is 2. The van der Waals surface area contributed by atoms with Crippen molar-refractivity contribution in [1.29, 1.82) is 0 Å². The number of methoxy groups -OCH3 is 1. The Bertz CT molecular complexity index is 1340. The lowest BCUT2D eigenvalue weighted by molar-refractivity contribution is -0.142. The van der Waals surface area contributed by atoms with E-state index in [0.29, 0.717) is 26.2 Å². The molecule has 5 rings (SSSR count). The zero-order valence-electron chi connectivity index (χ0n) is 22.7. The van der Waals surface area contributed by atoms with Crippen molar-refractivity contribution in [3.63, 3.8) is 0 Å². The van der Waals surface area contributed by atoms with E-state index in [9.17, 15) is 9.90 Å². The molecule has 2 aromatic carbocycles. The van der Waals surface area contributed by atoms with E-state index in [-0.39, 0.29) is 6.04 Å². The number of ether oxygens (including phenoxy) is 2. The minimum atomic E-state index is -0.788. The highest BCUT2D eigenvalue weighted by Gasteiger charge is 2.39. The van der Waals surface area contributed by atoms with Crippen molar-refractivity contribution in [3.8, 4) is 17.0 Å². The standard InChI is InChI=1S/C31H37N3O4/c1-19-7-5-8-24(30(19)38-17-22-15-20(2)26-16-32-13-11-23(26)21(22)3)27-9-6-10-29(33-27)34-14-12-25(31(35)36)28(34)18-37-4/h5-10,15,25,28,32H,11-14,16-18H2,1-4H3,(H,35,36)/t25-,28-/m1/s1. The number of carboxylic acids is 1. The number of aliphatic carboxylic acids is 1. The number of nitrogens with one attached hydrogen (secondary N) is 1. The number of aryl methyl sites for hydroxylation is 2. The van der Waals surface area contributed by atoms with Gasteiger partial charge in [0.05, 0.1) is 24.3 Å². The molecule has 0 spiro atoms. The summed E-state index contributed by atoms with van der Waals surface area (Å²) in [6, 6.07) is 14.1. The number of pyridine rings is 1. The molecule has 0 saturated carbocycles. The fraction of sp³-hybridized carbons (Fsp3) is 0.419. The van der Waals surface area contributed by atoms with Crippen LogP contribution in [0.4, 0.5) is 5.82 Å². The van der Waals surface area contributed by atoms with Gasteiger partial charge in [-0.25, -0.2) is 4.98 Å². The van der Waals surface area contributed by atoms with E-state index in [4.69, 9.17) is 14.5 Å². The third-order valence-corrected chi connectivity index (χ3v) is 8.11. The summed E-state index contributed by atoms with van der Waals surface area (Å²) in [5, 5.41) is 13.2. The van der Waals surface area contributed by atoms with Crippen LogP contribution >= 0.6 is 0 Å². The number of nitrogens with zero attached hydrogens (tertiary/aromatic N) is 2. The quantitative estimate of drug-likeness (QED) is 0.445. The van der Waals surface area contributed by atoms with Crippen molar-refractivity contribution in [2.45, 2.75) is 52.8 Å². The minimum absolute atomic E-state index is 0.251. The smallest absolute Gasteiger partial charge is 0.308 e. The largest absolute Gasteiger partial charge is 0.488 e. The summed E-state index contributed by atoms with van der Waals surface area (Å²) in [6.07, 6.45) is 1.62. The van der Waals surface area contributed by atoms with Crippen LogP contribution in [0, 0.1) is 26.7 Å². The summed E-state index contributed by atoms with van der Waals surface area (Å²) in [4.78, 5) is 18.9. The SMILES string of the molecule is COC[C@@H]1[C@H](C(=O)O)CCN1c1cccc(-c2cccc(C)c2OCc2cc(C)c3c(c2C)CCNC3)n1. The van der Waals surface area contributed by atoms with Crippen molar-refractivity contribution in [2.75, 3.05) is 31.7 Å². The van der Waals surface area contributed by atoms with Gasteiger partial charge in [-0.05, 0) is 91.7 Å². The molecule has 2 aliphatic heterocycles. The molecule has 0 radical (unpaired) electrons. The molecule has 0 aliphatic carbocycles. The first-order valence-corrected chi connectivity index (χ1v) is 13.4. The highest BCUT2D eigenvalue weighted by atomic mass is 16.5. The molecule has 200 valence electrons. The summed E-state index contributed by atoms with van der Waals surface area (Å²) in [5.41, 5.74) is 9.53. The van der Waals surface area contributed by atoms with Crippen LogP contribution in [0.2, 0.25) is 0 Å². The minimum Gasteiger partial charge on any atom is -0.488 e. The van der Waals surface area contributed by atoms with Gasteiger partial charge in [0, 0.05) is 25.8 Å². The van der Waals surface area contributed by atoms with Gasteiger partial charge < -0.3 is 24.8 Å². The maximum absolute atomic E-state index is 11.8. The third kappa shape index (κ3) is 5.00. The zero-order valence-corrected chi connectivity index (χ0v) is 22.7. The van der Waals surface area contributed by atoms with Gasteiger partial charge in [0.25, 0.3) is 0 Å². The Morgan fingerprint density at radius 1 is 1.13 bits per heavy atom. The summed E-state index contributed by atoms with van der Waals surface area (Å²) >= 11 is 0. The van der Waals surface area contributed by atoms with Crippen LogP contribution in [-0.2, 0) is 29.1 Å². The molecule has 1 fully saturated rings. The van der Waals surface area contributed by atoms with Crippen LogP contribution in [-0.4, -0.2) is 48.9 Å². The normalized spacial score (nSPS) is 18.9. The van der Waals surface area contributed by atoms with E-state index in [2.05, 4.69) is 43.1 Å². The van der Waals surface area contributed by atoms with E-state index in [1.54, 1.807) is 7.11 Å². The number of aromatic nitrogens is 1. The van der Waals surface area contributed by atoms with Crippen LogP contribution in [0.15, 0.2) is 42.5 Å². The molecule has 7 heteroatoms. The Morgan fingerprint density at radius 2 is 1.95 bits per heavy atom. The molecule has 1 saturated heterocycles. The predicted molar refractivity (Wildman–Crippen MR) is 149 cm³/mol. The first kappa shape index (κ1) is 26.2. The van der Waals surface area contributed by atoms with Crippen LogP contribution in [0.5, 0.6) is 5.75 Å². The van der Waals surface area contributed by atoms with Crippen molar-refractivity contribution >= 4 is 11.8 Å². The maximum atomic E-state index is 11.8. The number of rotatable bonds is 8. The molecule has 0 bridgehead atoms. The van der Waals surface area contributed by atoms with E-state index >= 15 is 0 Å². The Morgan fingerprint density at radius 3 is 2.74 bits per heavy atom. The highest BCUT2D eigenvalue weighted by molar-refractivity contribution is 5.74. The third-order valence-electron chi connectivity index (χ3n) is 8.11. The second-order valence-electron chi connectivity index (χ2n) is 10.4. The zero-order chi connectivity index (χ0) is 26.8. The van der Waals surface area contributed by atoms with Gasteiger partial charge in [-0.15, -0.1) is 0 Å². The van der Waals surface area contributed by atoms with Crippen LogP contribution in [0.3, 0.4) is 0 Å². The molecule has 1 aromatic heterocycles. The lowest BCUT2D eigenvalue weighted by Crippen LogP contribution is -2.39. The monoisotopic (exact) mass is 515 g/mol. The number of carbonyl (C=O) groups is 1. The lowest BCUT2D eigenvalue weighted by Gasteiger charge is -2.27. The van der Waals surface area contributed by atoms with E-state index in [1.165, 1.54) is 27.8 Å². The number of fused-ring (bicyclic) bond motifs is 1. The summed E-state index contributed by atoms with van der Waals surface area (Å²) in [6.45, 7) is 9.87. The summed E-state index contributed by atoms with van der Waals surface area (Å²) < 4.78 is 11.9. The molecule has 0 amide bonds. The van der Waals surface area contributed by atoms with Gasteiger partial charge in [0.15, 0.2) is 0 Å². The Labute approximate surface area is 224 Å². The van der Waals surface area contributed by atoms with Gasteiger partial charge in [-0.2, -0.15) is 0 Å². The first-order chi connectivity index (χ1) is 18.4. The number of hydrogen-bond acceptors (Lipinski definition) is 6. The van der Waals surface area contributed by atoms with E-state index in [1.807, 2.05) is 30.3 Å². The molecular formula is C31H37N3O4. The summed E-state index contributed by atoms with van der Waals surface area (Å²) in [7, 11) is 1.61. The van der Waals surface area contributed by atoms with Crippen molar-refractivity contribution < 1.29 is 19.4 Å². The van der Waals surface area contributed by atoms with Crippen molar-refractivity contribution in [3.05, 3.63) is 75.8 Å². The highest BCUT2D eigenvalue weighted by Crippen LogP contribution is 2.36. The molecule has 3 aromatic rings. The first-order valence-electron chi connectivity index (χ1n) is 13.4. The fourth-order valence-corrected chi connectivity index (χ4v) is 6.01. The molecule has 2 aliphatic rings. The van der Waals surface area contributed by atoms with Gasteiger partial charge in [-0.3, -0.25) is 4.79 Å². The lowest BCUT2D eigenvalue weighted by atomic mass is 9.89. The Balaban J connectivity index is 1.44. The number of benzene rings is 2. The molecule has 0 unspecified atom stereocenters. The van der Waals surface area contributed by atoms with Gasteiger partial charge in [0.2, 0.25) is 0 Å². The molecule has 3 heterocycles. The number of carboxylic acid groups (broad SMARTS) is 1. The fourth-order valence-electron chi connectivity index (χ4n) is 6.01. The second-order valence-corrected chi connectivity index (χ2v) is 10.4. The average molecular weight is 516 g/mol. The molecular weight excluding hydrogens is 478 g/mol. The number of anilines is 1. The average Bonchev–Trinajstić information content (AvgIpc) is 3.35.